The van der Waals surface area contributed by atoms with E-state index in [9.17, 15) is 9.18 Å². The Morgan fingerprint density at radius 2 is 2.12 bits per heavy atom. The summed E-state index contributed by atoms with van der Waals surface area (Å²) < 4.78 is 15.9. The molecule has 1 saturated carbocycles. The molecule has 3 rings (SSSR count). The van der Waals surface area contributed by atoms with E-state index in [2.05, 4.69) is 22.5 Å². The number of aromatic nitrogens is 2. The van der Waals surface area contributed by atoms with Gasteiger partial charge in [0.05, 0.1) is 12.0 Å². The number of carbonyl (C=O) groups is 1. The molecule has 2 aromatic rings. The van der Waals surface area contributed by atoms with Crippen LogP contribution in [-0.2, 0) is 4.79 Å². The zero-order chi connectivity index (χ0) is 17.6. The highest BCUT2D eigenvalue weighted by Gasteiger charge is 2.26. The number of nitrogens with one attached hydrogen (secondary N) is 2. The molecule has 1 heterocycles. The first-order valence-electron chi connectivity index (χ1n) is 8.97. The van der Waals surface area contributed by atoms with E-state index in [0.29, 0.717) is 17.3 Å². The molecule has 0 spiro atoms. The van der Waals surface area contributed by atoms with Gasteiger partial charge in [-0.15, -0.1) is 0 Å². The van der Waals surface area contributed by atoms with Gasteiger partial charge in [0, 0.05) is 24.0 Å². The van der Waals surface area contributed by atoms with E-state index in [4.69, 9.17) is 0 Å². The average molecular weight is 344 g/mol. The van der Waals surface area contributed by atoms with Gasteiger partial charge in [0.1, 0.15) is 5.82 Å². The normalized spacial score (nSPS) is 20.4. The number of hydrogen-bond donors (Lipinski definition) is 2. The van der Waals surface area contributed by atoms with Crippen molar-refractivity contribution in [1.29, 1.82) is 0 Å². The average Bonchev–Trinajstić information content (AvgIpc) is 3.15. The van der Waals surface area contributed by atoms with Crippen molar-refractivity contribution >= 4 is 11.6 Å². The van der Waals surface area contributed by atoms with Gasteiger partial charge in [0.25, 0.3) is 0 Å². The largest absolute Gasteiger partial charge is 0.326 e. The molecule has 0 unspecified atom stereocenters. The Hall–Kier alpha value is -2.21. The highest BCUT2D eigenvalue weighted by Crippen LogP contribution is 2.29. The predicted octanol–water partition coefficient (Wildman–Crippen LogP) is 3.37. The SMILES string of the molecule is CCNCC1CCC(C(=O)Nc2ccc(-n3ccnc3)c(F)c2)CC1. The second kappa shape index (κ2) is 8.25. The van der Waals surface area contributed by atoms with Crippen LogP contribution in [0.2, 0.25) is 0 Å². The molecule has 134 valence electrons. The molecule has 0 aliphatic heterocycles. The lowest BCUT2D eigenvalue weighted by atomic mass is 9.81. The van der Waals surface area contributed by atoms with Crippen molar-refractivity contribution in [2.75, 3.05) is 18.4 Å². The Bertz CT molecular complexity index is 693. The molecule has 1 fully saturated rings. The van der Waals surface area contributed by atoms with E-state index in [1.165, 1.54) is 6.07 Å². The van der Waals surface area contributed by atoms with Crippen molar-refractivity contribution in [2.24, 2.45) is 11.8 Å². The number of rotatable bonds is 6. The summed E-state index contributed by atoms with van der Waals surface area (Å²) in [5.41, 5.74) is 0.917. The molecule has 1 aromatic carbocycles. The summed E-state index contributed by atoms with van der Waals surface area (Å²) in [6.45, 7) is 4.13. The number of hydrogen-bond acceptors (Lipinski definition) is 3. The molecule has 0 radical (unpaired) electrons. The number of imidazole rings is 1. The Kier molecular flexibility index (Phi) is 5.81. The van der Waals surface area contributed by atoms with Crippen LogP contribution in [0.5, 0.6) is 0 Å². The molecule has 25 heavy (non-hydrogen) atoms. The first-order valence-corrected chi connectivity index (χ1v) is 8.97. The molecule has 0 atom stereocenters. The number of benzene rings is 1. The number of anilines is 1. The molecule has 1 aliphatic rings. The van der Waals surface area contributed by atoms with Gasteiger partial charge in [-0.1, -0.05) is 6.92 Å². The lowest BCUT2D eigenvalue weighted by Gasteiger charge is -2.27. The summed E-state index contributed by atoms with van der Waals surface area (Å²) in [4.78, 5) is 16.4. The highest BCUT2D eigenvalue weighted by atomic mass is 19.1. The Morgan fingerprint density at radius 3 is 2.76 bits per heavy atom. The van der Waals surface area contributed by atoms with Crippen LogP contribution in [0.25, 0.3) is 5.69 Å². The molecule has 1 amide bonds. The molecular formula is C19H25FN4O. The maximum absolute atomic E-state index is 14.3. The topological polar surface area (TPSA) is 59.0 Å². The van der Waals surface area contributed by atoms with Crippen molar-refractivity contribution in [3.63, 3.8) is 0 Å². The molecule has 5 nitrogen and oxygen atoms in total. The summed E-state index contributed by atoms with van der Waals surface area (Å²) in [7, 11) is 0. The van der Waals surface area contributed by atoms with Crippen LogP contribution in [-0.4, -0.2) is 28.5 Å². The summed E-state index contributed by atoms with van der Waals surface area (Å²) in [5, 5.41) is 6.24. The summed E-state index contributed by atoms with van der Waals surface area (Å²) >= 11 is 0. The van der Waals surface area contributed by atoms with E-state index in [-0.39, 0.29) is 17.6 Å². The lowest BCUT2D eigenvalue weighted by molar-refractivity contribution is -0.121. The second-order valence-electron chi connectivity index (χ2n) is 6.65. The number of amides is 1. The third-order valence-electron chi connectivity index (χ3n) is 4.90. The van der Waals surface area contributed by atoms with E-state index in [1.807, 2.05) is 0 Å². The molecule has 6 heteroatoms. The third-order valence-corrected chi connectivity index (χ3v) is 4.90. The first kappa shape index (κ1) is 17.6. The van der Waals surface area contributed by atoms with Crippen LogP contribution in [0.3, 0.4) is 0 Å². The van der Waals surface area contributed by atoms with Crippen molar-refractivity contribution in [3.05, 3.63) is 42.7 Å². The van der Waals surface area contributed by atoms with Crippen molar-refractivity contribution in [1.82, 2.24) is 14.9 Å². The monoisotopic (exact) mass is 344 g/mol. The minimum absolute atomic E-state index is 0.00307. The highest BCUT2D eigenvalue weighted by molar-refractivity contribution is 5.92. The Morgan fingerprint density at radius 1 is 1.32 bits per heavy atom. The number of carbonyl (C=O) groups excluding carboxylic acids is 1. The minimum atomic E-state index is -0.384. The van der Waals surface area contributed by atoms with Crippen molar-refractivity contribution in [3.8, 4) is 5.69 Å². The number of nitrogens with zero attached hydrogens (tertiary/aromatic N) is 2. The maximum atomic E-state index is 14.3. The molecule has 1 aromatic heterocycles. The van der Waals surface area contributed by atoms with Crippen LogP contribution in [0.1, 0.15) is 32.6 Å². The molecule has 2 N–H and O–H groups in total. The van der Waals surface area contributed by atoms with E-state index >= 15 is 0 Å². The van der Waals surface area contributed by atoms with Crippen molar-refractivity contribution < 1.29 is 9.18 Å². The maximum Gasteiger partial charge on any atom is 0.227 e. The van der Waals surface area contributed by atoms with Crippen LogP contribution >= 0.6 is 0 Å². The van der Waals surface area contributed by atoms with E-state index < -0.39 is 0 Å². The van der Waals surface area contributed by atoms with E-state index in [1.54, 1.807) is 35.4 Å². The summed E-state index contributed by atoms with van der Waals surface area (Å²) in [5.74, 6) is 0.298. The van der Waals surface area contributed by atoms with Crippen LogP contribution in [0, 0.1) is 17.7 Å². The van der Waals surface area contributed by atoms with Gasteiger partial charge in [0.2, 0.25) is 5.91 Å². The van der Waals surface area contributed by atoms with Crippen molar-refractivity contribution in [2.45, 2.75) is 32.6 Å². The quantitative estimate of drug-likeness (QED) is 0.845. The third kappa shape index (κ3) is 4.45. The Balaban J connectivity index is 1.56. The number of halogens is 1. The minimum Gasteiger partial charge on any atom is -0.326 e. The smallest absolute Gasteiger partial charge is 0.227 e. The first-order chi connectivity index (χ1) is 12.2. The van der Waals surface area contributed by atoms with Gasteiger partial charge in [0.15, 0.2) is 0 Å². The van der Waals surface area contributed by atoms with Gasteiger partial charge in [-0.3, -0.25) is 4.79 Å². The lowest BCUT2D eigenvalue weighted by Crippen LogP contribution is -2.31. The van der Waals surface area contributed by atoms with Crippen LogP contribution < -0.4 is 10.6 Å². The van der Waals surface area contributed by atoms with E-state index in [0.717, 1.165) is 38.8 Å². The van der Waals surface area contributed by atoms with Gasteiger partial charge < -0.3 is 15.2 Å². The molecule has 1 aliphatic carbocycles. The zero-order valence-electron chi connectivity index (χ0n) is 14.5. The zero-order valence-corrected chi connectivity index (χ0v) is 14.5. The molecular weight excluding hydrogens is 319 g/mol. The fourth-order valence-electron chi connectivity index (χ4n) is 3.42. The van der Waals surface area contributed by atoms with Gasteiger partial charge in [-0.2, -0.15) is 0 Å². The molecule has 0 bridgehead atoms. The van der Waals surface area contributed by atoms with Gasteiger partial charge >= 0.3 is 0 Å². The second-order valence-corrected chi connectivity index (χ2v) is 6.65. The van der Waals surface area contributed by atoms with Crippen LogP contribution in [0.15, 0.2) is 36.9 Å². The van der Waals surface area contributed by atoms with Gasteiger partial charge in [-0.25, -0.2) is 9.37 Å². The molecule has 0 saturated heterocycles. The van der Waals surface area contributed by atoms with Gasteiger partial charge in [-0.05, 0) is 62.9 Å². The summed E-state index contributed by atoms with van der Waals surface area (Å²) in [6.07, 6.45) is 8.76. The fraction of sp³-hybridized carbons (Fsp3) is 0.474. The Labute approximate surface area is 147 Å². The summed E-state index contributed by atoms with van der Waals surface area (Å²) in [6, 6.07) is 4.75. The van der Waals surface area contributed by atoms with Crippen LogP contribution in [0.4, 0.5) is 10.1 Å². The standard InChI is InChI=1S/C19H25FN4O/c1-2-21-12-14-3-5-15(6-4-14)19(25)23-16-7-8-18(17(20)11-16)24-10-9-22-13-24/h7-11,13-15,21H,2-6,12H2,1H3,(H,23,25). The fourth-order valence-corrected chi connectivity index (χ4v) is 3.42. The predicted molar refractivity (Wildman–Crippen MR) is 96.1 cm³/mol.